The van der Waals surface area contributed by atoms with Crippen LogP contribution in [0.4, 0.5) is 5.69 Å². The molecule has 2 aromatic rings. The number of hydrogen-bond acceptors (Lipinski definition) is 5. The second-order valence-corrected chi connectivity index (χ2v) is 5.92. The van der Waals surface area contributed by atoms with Crippen molar-refractivity contribution in [3.63, 3.8) is 0 Å². The summed E-state index contributed by atoms with van der Waals surface area (Å²) in [5, 5.41) is 14.1. The second kappa shape index (κ2) is 5.37. The maximum Gasteiger partial charge on any atom is 0.338 e. The van der Waals surface area contributed by atoms with Crippen LogP contribution in [0.1, 0.15) is 22.3 Å². The highest BCUT2D eigenvalue weighted by Crippen LogP contribution is 2.47. The second-order valence-electron chi connectivity index (χ2n) is 5.92. The summed E-state index contributed by atoms with van der Waals surface area (Å²) in [6.07, 6.45) is -0.442. The zero-order valence-corrected chi connectivity index (χ0v) is 12.4. The molecule has 2 aliphatic heterocycles. The highest BCUT2D eigenvalue weighted by Gasteiger charge is 2.53. The van der Waals surface area contributed by atoms with E-state index in [0.717, 1.165) is 11.3 Å². The van der Waals surface area contributed by atoms with E-state index in [-0.39, 0.29) is 18.7 Å². The summed E-state index contributed by atoms with van der Waals surface area (Å²) in [5.74, 6) is -0.383. The fourth-order valence-corrected chi connectivity index (χ4v) is 3.26. The van der Waals surface area contributed by atoms with E-state index in [9.17, 15) is 9.90 Å². The molecule has 5 nitrogen and oxygen atoms in total. The summed E-state index contributed by atoms with van der Waals surface area (Å²) in [5.41, 5.74) is 1.16. The molecule has 2 heterocycles. The van der Waals surface area contributed by atoms with Gasteiger partial charge in [0, 0.05) is 17.7 Å². The summed E-state index contributed by atoms with van der Waals surface area (Å²) in [7, 11) is 0. The zero-order valence-electron chi connectivity index (χ0n) is 12.4. The Hall–Kier alpha value is -2.37. The molecule has 2 N–H and O–H groups in total. The molecule has 0 spiro atoms. The monoisotopic (exact) mass is 311 g/mol. The summed E-state index contributed by atoms with van der Waals surface area (Å²) < 4.78 is 11.1. The van der Waals surface area contributed by atoms with E-state index in [0.29, 0.717) is 12.0 Å². The van der Waals surface area contributed by atoms with Crippen LogP contribution in [0.3, 0.4) is 0 Å². The molecule has 0 radical (unpaired) electrons. The van der Waals surface area contributed by atoms with E-state index in [2.05, 4.69) is 5.32 Å². The van der Waals surface area contributed by atoms with E-state index in [1.807, 2.05) is 30.3 Å². The standard InChI is InChI=1S/C18H17NO4/c20-16(12-6-2-1-3-7-12)22-11-13-10-18(21)14-8-4-5-9-15(14)19-17(18)23-13/h1-9,13,17,19,21H,10-11H2. The number of esters is 1. The quantitative estimate of drug-likeness (QED) is 0.851. The molecule has 5 heteroatoms. The lowest BCUT2D eigenvalue weighted by molar-refractivity contribution is -0.0367. The van der Waals surface area contributed by atoms with Crippen molar-refractivity contribution in [1.82, 2.24) is 0 Å². The Balaban J connectivity index is 1.42. The molecule has 2 aliphatic rings. The molecular weight excluding hydrogens is 294 g/mol. The van der Waals surface area contributed by atoms with Gasteiger partial charge in [0.2, 0.25) is 0 Å². The third kappa shape index (κ3) is 2.38. The third-order valence-corrected chi connectivity index (χ3v) is 4.39. The molecule has 118 valence electrons. The number of fused-ring (bicyclic) bond motifs is 3. The molecular formula is C18H17NO4. The van der Waals surface area contributed by atoms with Crippen molar-refractivity contribution < 1.29 is 19.4 Å². The largest absolute Gasteiger partial charge is 0.459 e. The van der Waals surface area contributed by atoms with Crippen molar-refractivity contribution in [1.29, 1.82) is 0 Å². The van der Waals surface area contributed by atoms with Gasteiger partial charge < -0.3 is 19.9 Å². The molecule has 0 saturated carbocycles. The number of carbonyl (C=O) groups is 1. The minimum absolute atomic E-state index is 0.121. The van der Waals surface area contributed by atoms with Crippen LogP contribution in [-0.4, -0.2) is 30.0 Å². The molecule has 0 bridgehead atoms. The normalized spacial score (nSPS) is 27.9. The number of para-hydroxylation sites is 1. The smallest absolute Gasteiger partial charge is 0.338 e. The maximum absolute atomic E-state index is 12.0. The maximum atomic E-state index is 12.0. The van der Waals surface area contributed by atoms with Crippen LogP contribution in [0.25, 0.3) is 0 Å². The van der Waals surface area contributed by atoms with Crippen molar-refractivity contribution >= 4 is 11.7 Å². The highest BCUT2D eigenvalue weighted by atomic mass is 16.6. The topological polar surface area (TPSA) is 67.8 Å². The van der Waals surface area contributed by atoms with Crippen LogP contribution < -0.4 is 5.32 Å². The average Bonchev–Trinajstić information content (AvgIpc) is 3.04. The molecule has 2 aromatic carbocycles. The summed E-state index contributed by atoms with van der Waals surface area (Å²) >= 11 is 0. The van der Waals surface area contributed by atoms with Gasteiger partial charge in [-0.2, -0.15) is 0 Å². The van der Waals surface area contributed by atoms with E-state index < -0.39 is 11.8 Å². The van der Waals surface area contributed by atoms with E-state index >= 15 is 0 Å². The van der Waals surface area contributed by atoms with Gasteiger partial charge in [-0.25, -0.2) is 4.79 Å². The van der Waals surface area contributed by atoms with Crippen LogP contribution in [0.15, 0.2) is 54.6 Å². The van der Waals surface area contributed by atoms with Crippen LogP contribution in [-0.2, 0) is 15.1 Å². The van der Waals surface area contributed by atoms with Crippen molar-refractivity contribution in [2.24, 2.45) is 0 Å². The zero-order chi connectivity index (χ0) is 15.9. The molecule has 0 amide bonds. The first-order chi connectivity index (χ1) is 11.2. The van der Waals surface area contributed by atoms with E-state index in [1.165, 1.54) is 0 Å². The molecule has 1 saturated heterocycles. The van der Waals surface area contributed by atoms with Gasteiger partial charge in [-0.3, -0.25) is 0 Å². The Morgan fingerprint density at radius 2 is 1.96 bits per heavy atom. The number of nitrogens with one attached hydrogen (secondary N) is 1. The Kier molecular flexibility index (Phi) is 3.32. The number of aliphatic hydroxyl groups is 1. The van der Waals surface area contributed by atoms with Crippen LogP contribution in [0.5, 0.6) is 0 Å². The predicted octanol–water partition coefficient (Wildman–Crippen LogP) is 2.27. The minimum atomic E-state index is -1.07. The van der Waals surface area contributed by atoms with Crippen molar-refractivity contribution in [3.8, 4) is 0 Å². The number of rotatable bonds is 3. The van der Waals surface area contributed by atoms with Crippen LogP contribution in [0.2, 0.25) is 0 Å². The fraction of sp³-hybridized carbons (Fsp3) is 0.278. The summed E-state index contributed by atoms with van der Waals surface area (Å²) in [6.45, 7) is 0.121. The van der Waals surface area contributed by atoms with Gasteiger partial charge >= 0.3 is 5.97 Å². The van der Waals surface area contributed by atoms with Gasteiger partial charge in [-0.1, -0.05) is 36.4 Å². The van der Waals surface area contributed by atoms with E-state index in [4.69, 9.17) is 9.47 Å². The Morgan fingerprint density at radius 1 is 1.22 bits per heavy atom. The molecule has 23 heavy (non-hydrogen) atoms. The lowest BCUT2D eigenvalue weighted by Crippen LogP contribution is -2.33. The first kappa shape index (κ1) is 14.2. The van der Waals surface area contributed by atoms with Crippen molar-refractivity contribution in [2.75, 3.05) is 11.9 Å². The molecule has 0 aliphatic carbocycles. The van der Waals surface area contributed by atoms with Gasteiger partial charge in [0.25, 0.3) is 0 Å². The van der Waals surface area contributed by atoms with Gasteiger partial charge in [0.15, 0.2) is 6.23 Å². The fourth-order valence-electron chi connectivity index (χ4n) is 3.26. The molecule has 0 aromatic heterocycles. The van der Waals surface area contributed by atoms with Gasteiger partial charge in [-0.15, -0.1) is 0 Å². The van der Waals surface area contributed by atoms with E-state index in [1.54, 1.807) is 24.3 Å². The SMILES string of the molecule is O=C(OCC1CC2(O)c3ccccc3NC2O1)c1ccccc1. The Morgan fingerprint density at radius 3 is 2.78 bits per heavy atom. The number of benzene rings is 2. The van der Waals surface area contributed by atoms with Crippen molar-refractivity contribution in [3.05, 3.63) is 65.7 Å². The number of ether oxygens (including phenoxy) is 2. The Bertz CT molecular complexity index is 733. The molecule has 4 rings (SSSR count). The number of hydrogen-bond donors (Lipinski definition) is 2. The van der Waals surface area contributed by atoms with Gasteiger partial charge in [0.1, 0.15) is 12.2 Å². The summed E-state index contributed by atoms with van der Waals surface area (Å²) in [4.78, 5) is 12.0. The van der Waals surface area contributed by atoms with Crippen LogP contribution in [0, 0.1) is 0 Å². The van der Waals surface area contributed by atoms with Crippen molar-refractivity contribution in [2.45, 2.75) is 24.4 Å². The third-order valence-electron chi connectivity index (χ3n) is 4.39. The number of anilines is 1. The predicted molar refractivity (Wildman–Crippen MR) is 84.0 cm³/mol. The molecule has 3 atom stereocenters. The summed E-state index contributed by atoms with van der Waals surface area (Å²) in [6, 6.07) is 16.4. The molecule has 3 unspecified atom stereocenters. The average molecular weight is 311 g/mol. The lowest BCUT2D eigenvalue weighted by atomic mass is 9.91. The highest BCUT2D eigenvalue weighted by molar-refractivity contribution is 5.89. The minimum Gasteiger partial charge on any atom is -0.459 e. The van der Waals surface area contributed by atoms with Gasteiger partial charge in [0.05, 0.1) is 11.7 Å². The first-order valence-corrected chi connectivity index (χ1v) is 7.63. The van der Waals surface area contributed by atoms with Crippen LogP contribution >= 0.6 is 0 Å². The lowest BCUT2D eigenvalue weighted by Gasteiger charge is -2.20. The molecule has 1 fully saturated rings. The Labute approximate surface area is 133 Å². The first-order valence-electron chi connectivity index (χ1n) is 7.63. The number of carbonyl (C=O) groups excluding carboxylic acids is 1. The van der Waals surface area contributed by atoms with Gasteiger partial charge in [-0.05, 0) is 18.2 Å².